The average Bonchev–Trinajstić information content (AvgIpc) is 2.57. The van der Waals surface area contributed by atoms with Gasteiger partial charge in [0, 0.05) is 31.6 Å². The monoisotopic (exact) mass is 346 g/mol. The van der Waals surface area contributed by atoms with E-state index in [2.05, 4.69) is 5.32 Å². The van der Waals surface area contributed by atoms with E-state index in [9.17, 15) is 19.5 Å². The highest BCUT2D eigenvalue weighted by atomic mass is 16.4. The van der Waals surface area contributed by atoms with E-state index in [1.807, 2.05) is 26.0 Å². The molecule has 2 rings (SSSR count). The summed E-state index contributed by atoms with van der Waals surface area (Å²) in [6, 6.07) is 7.14. The van der Waals surface area contributed by atoms with Gasteiger partial charge < -0.3 is 15.3 Å². The Labute approximate surface area is 148 Å². The van der Waals surface area contributed by atoms with Gasteiger partial charge in [0.2, 0.25) is 5.91 Å². The van der Waals surface area contributed by atoms with Crippen LogP contribution in [0.25, 0.3) is 0 Å². The molecular formula is C19H26N2O4. The molecule has 136 valence electrons. The van der Waals surface area contributed by atoms with E-state index in [4.69, 9.17) is 0 Å². The minimum atomic E-state index is -0.881. The number of benzene rings is 1. The zero-order valence-corrected chi connectivity index (χ0v) is 14.9. The minimum absolute atomic E-state index is 0.00558. The standard InChI is InChI=1S/C19H26N2O4/c1-3-21(4-2)17(23)15-8-6-14(7-9-15)13-20-16(22)12-19(18(24)25)10-5-11-19/h6-9H,3-5,10-13H2,1-2H3,(H,20,22)(H,24,25). The average molecular weight is 346 g/mol. The van der Waals surface area contributed by atoms with Crippen molar-refractivity contribution in [1.29, 1.82) is 0 Å². The van der Waals surface area contributed by atoms with Gasteiger partial charge in [-0.1, -0.05) is 18.6 Å². The molecule has 25 heavy (non-hydrogen) atoms. The zero-order valence-electron chi connectivity index (χ0n) is 14.9. The van der Waals surface area contributed by atoms with E-state index in [0.717, 1.165) is 12.0 Å². The van der Waals surface area contributed by atoms with Gasteiger partial charge in [0.05, 0.1) is 5.41 Å². The number of rotatable bonds is 8. The van der Waals surface area contributed by atoms with Gasteiger partial charge in [-0.25, -0.2) is 0 Å². The Morgan fingerprint density at radius 1 is 1.12 bits per heavy atom. The maximum atomic E-state index is 12.2. The van der Waals surface area contributed by atoms with Crippen LogP contribution in [0.15, 0.2) is 24.3 Å². The lowest BCUT2D eigenvalue weighted by atomic mass is 9.66. The van der Waals surface area contributed by atoms with Crippen molar-refractivity contribution in [3.8, 4) is 0 Å². The van der Waals surface area contributed by atoms with Crippen LogP contribution in [0.1, 0.15) is 55.5 Å². The molecule has 0 atom stereocenters. The van der Waals surface area contributed by atoms with Crippen LogP contribution in [0.5, 0.6) is 0 Å². The van der Waals surface area contributed by atoms with Crippen LogP contribution in [0, 0.1) is 5.41 Å². The first-order valence-electron chi connectivity index (χ1n) is 8.80. The first-order chi connectivity index (χ1) is 11.9. The van der Waals surface area contributed by atoms with Crippen LogP contribution in [0.3, 0.4) is 0 Å². The molecule has 1 aromatic rings. The van der Waals surface area contributed by atoms with Crippen molar-refractivity contribution < 1.29 is 19.5 Å². The second-order valence-electron chi connectivity index (χ2n) is 6.57. The molecule has 1 aromatic carbocycles. The predicted octanol–water partition coefficient (Wildman–Crippen LogP) is 2.43. The summed E-state index contributed by atoms with van der Waals surface area (Å²) in [5, 5.41) is 12.0. The van der Waals surface area contributed by atoms with E-state index in [1.54, 1.807) is 17.0 Å². The number of amides is 2. The van der Waals surface area contributed by atoms with Crippen molar-refractivity contribution in [2.45, 2.75) is 46.1 Å². The van der Waals surface area contributed by atoms with Crippen molar-refractivity contribution in [2.24, 2.45) is 5.41 Å². The van der Waals surface area contributed by atoms with Crippen LogP contribution in [-0.2, 0) is 16.1 Å². The van der Waals surface area contributed by atoms with Gasteiger partial charge in [-0.15, -0.1) is 0 Å². The number of carboxylic acid groups (broad SMARTS) is 1. The molecule has 0 saturated heterocycles. The van der Waals surface area contributed by atoms with Crippen LogP contribution < -0.4 is 5.32 Å². The van der Waals surface area contributed by atoms with Crippen molar-refractivity contribution >= 4 is 17.8 Å². The molecule has 1 aliphatic carbocycles. The number of carbonyl (C=O) groups is 3. The zero-order chi connectivity index (χ0) is 18.4. The fraction of sp³-hybridized carbons (Fsp3) is 0.526. The number of hydrogen-bond acceptors (Lipinski definition) is 3. The summed E-state index contributed by atoms with van der Waals surface area (Å²) in [5.74, 6) is -1.13. The van der Waals surface area contributed by atoms with E-state index < -0.39 is 11.4 Å². The third kappa shape index (κ3) is 4.38. The molecule has 6 nitrogen and oxygen atoms in total. The Morgan fingerprint density at radius 3 is 2.16 bits per heavy atom. The summed E-state index contributed by atoms with van der Waals surface area (Å²) in [6.45, 7) is 5.54. The molecule has 0 heterocycles. The summed E-state index contributed by atoms with van der Waals surface area (Å²) in [7, 11) is 0. The Bertz CT molecular complexity index is 631. The van der Waals surface area contributed by atoms with E-state index in [1.165, 1.54) is 0 Å². The Balaban J connectivity index is 1.88. The first kappa shape index (κ1) is 19.0. The van der Waals surface area contributed by atoms with Crippen molar-refractivity contribution in [3.63, 3.8) is 0 Å². The summed E-state index contributed by atoms with van der Waals surface area (Å²) >= 11 is 0. The largest absolute Gasteiger partial charge is 0.481 e. The van der Waals surface area contributed by atoms with Gasteiger partial charge in [-0.3, -0.25) is 14.4 Å². The lowest BCUT2D eigenvalue weighted by molar-refractivity contribution is -0.157. The first-order valence-corrected chi connectivity index (χ1v) is 8.80. The molecule has 2 N–H and O–H groups in total. The number of carboxylic acids is 1. The van der Waals surface area contributed by atoms with Gasteiger partial charge >= 0.3 is 5.97 Å². The highest BCUT2D eigenvalue weighted by molar-refractivity contribution is 5.94. The lowest BCUT2D eigenvalue weighted by Crippen LogP contribution is -2.42. The number of nitrogens with one attached hydrogen (secondary N) is 1. The number of aliphatic carboxylic acids is 1. The molecule has 0 bridgehead atoms. The van der Waals surface area contributed by atoms with Crippen LogP contribution in [-0.4, -0.2) is 40.9 Å². The van der Waals surface area contributed by atoms with Gasteiger partial charge in [0.15, 0.2) is 0 Å². The van der Waals surface area contributed by atoms with Gasteiger partial charge in [-0.2, -0.15) is 0 Å². The molecule has 0 aromatic heterocycles. The van der Waals surface area contributed by atoms with E-state index in [-0.39, 0.29) is 18.2 Å². The molecule has 1 fully saturated rings. The van der Waals surface area contributed by atoms with Gasteiger partial charge in [0.25, 0.3) is 5.91 Å². The molecule has 1 saturated carbocycles. The Hall–Kier alpha value is -2.37. The normalized spacial score (nSPS) is 15.1. The smallest absolute Gasteiger partial charge is 0.310 e. The number of hydrogen-bond donors (Lipinski definition) is 2. The third-order valence-electron chi connectivity index (χ3n) is 5.00. The van der Waals surface area contributed by atoms with Crippen molar-refractivity contribution in [1.82, 2.24) is 10.2 Å². The molecular weight excluding hydrogens is 320 g/mol. The highest BCUT2D eigenvalue weighted by Gasteiger charge is 2.45. The maximum Gasteiger partial charge on any atom is 0.310 e. The maximum absolute atomic E-state index is 12.2. The fourth-order valence-corrected chi connectivity index (χ4v) is 3.10. The Morgan fingerprint density at radius 2 is 1.72 bits per heavy atom. The van der Waals surface area contributed by atoms with Crippen LogP contribution in [0.2, 0.25) is 0 Å². The van der Waals surface area contributed by atoms with E-state index >= 15 is 0 Å². The SMILES string of the molecule is CCN(CC)C(=O)c1ccc(CNC(=O)CC2(C(=O)O)CCC2)cc1. The number of carbonyl (C=O) groups excluding carboxylic acids is 2. The van der Waals surface area contributed by atoms with Crippen molar-refractivity contribution in [3.05, 3.63) is 35.4 Å². The van der Waals surface area contributed by atoms with Gasteiger partial charge in [-0.05, 0) is 44.4 Å². The quantitative estimate of drug-likeness (QED) is 0.757. The molecule has 0 aliphatic heterocycles. The fourth-order valence-electron chi connectivity index (χ4n) is 3.10. The topological polar surface area (TPSA) is 86.7 Å². The van der Waals surface area contributed by atoms with Crippen molar-refractivity contribution in [2.75, 3.05) is 13.1 Å². The van der Waals surface area contributed by atoms with E-state index in [0.29, 0.717) is 38.0 Å². The highest BCUT2D eigenvalue weighted by Crippen LogP contribution is 2.44. The number of nitrogens with zero attached hydrogens (tertiary/aromatic N) is 1. The molecule has 0 unspecified atom stereocenters. The Kier molecular flexibility index (Phi) is 6.17. The van der Waals surface area contributed by atoms with Crippen LogP contribution in [0.4, 0.5) is 0 Å². The summed E-state index contributed by atoms with van der Waals surface area (Å²) in [5.41, 5.74) is 0.630. The second-order valence-corrected chi connectivity index (χ2v) is 6.57. The third-order valence-corrected chi connectivity index (χ3v) is 5.00. The molecule has 2 amide bonds. The lowest BCUT2D eigenvalue weighted by Gasteiger charge is -2.36. The van der Waals surface area contributed by atoms with Gasteiger partial charge in [0.1, 0.15) is 0 Å². The summed E-state index contributed by atoms with van der Waals surface area (Å²) in [6.07, 6.45) is 2.03. The molecule has 6 heteroatoms. The molecule has 1 aliphatic rings. The molecule has 0 spiro atoms. The predicted molar refractivity (Wildman–Crippen MR) is 94.1 cm³/mol. The minimum Gasteiger partial charge on any atom is -0.481 e. The molecule has 0 radical (unpaired) electrons. The summed E-state index contributed by atoms with van der Waals surface area (Å²) < 4.78 is 0. The second kappa shape index (κ2) is 8.14. The van der Waals surface area contributed by atoms with Crippen LogP contribution >= 0.6 is 0 Å². The summed E-state index contributed by atoms with van der Waals surface area (Å²) in [4.78, 5) is 37.3.